The molecule has 24 rings (SSSR count). The lowest BCUT2D eigenvalue weighted by atomic mass is 9.97. The third kappa shape index (κ3) is 12.9. The Morgan fingerprint density at radius 2 is 0.387 bits per heavy atom. The molecule has 0 radical (unpaired) electrons. The fraction of sp³-hybridized carbons (Fsp3) is 0. The predicted octanol–water partition coefficient (Wildman–Crippen LogP) is 28.8. The molecule has 6 aromatic heterocycles. The first-order chi connectivity index (χ1) is 61.5. The molecule has 0 atom stereocenters. The molecule has 0 saturated carbocycles. The van der Waals surface area contributed by atoms with Gasteiger partial charge in [0.25, 0.3) is 0 Å². The van der Waals surface area contributed by atoms with Crippen molar-refractivity contribution in [2.24, 2.45) is 0 Å². The highest BCUT2D eigenvalue weighted by Gasteiger charge is 2.24. The van der Waals surface area contributed by atoms with Gasteiger partial charge in [0.15, 0.2) is 34.9 Å². The van der Waals surface area contributed by atoms with E-state index in [-0.39, 0.29) is 0 Å². The van der Waals surface area contributed by atoms with Gasteiger partial charge in [0.05, 0.1) is 44.1 Å². The van der Waals surface area contributed by atoms with Crippen LogP contribution in [0.5, 0.6) is 0 Å². The van der Waals surface area contributed by atoms with Crippen molar-refractivity contribution in [3.8, 4) is 136 Å². The lowest BCUT2D eigenvalue weighted by molar-refractivity contribution is 1.07. The molecule has 10 heteroatoms. The summed E-state index contributed by atoms with van der Waals surface area (Å²) in [6, 6.07) is 159. The van der Waals surface area contributed by atoms with E-state index in [1.807, 2.05) is 121 Å². The lowest BCUT2D eigenvalue weighted by Crippen LogP contribution is -2.00. The topological polar surface area (TPSA) is 97.1 Å². The van der Waals surface area contributed by atoms with Crippen molar-refractivity contribution in [1.29, 1.82) is 0 Å². The van der Waals surface area contributed by atoms with Crippen LogP contribution in [0.2, 0.25) is 0 Å². The number of nitrogens with zero attached hydrogens (tertiary/aromatic N) is 10. The second-order valence-corrected chi connectivity index (χ2v) is 31.3. The van der Waals surface area contributed by atoms with Crippen LogP contribution in [-0.4, -0.2) is 48.2 Å². The molecule has 18 aromatic carbocycles. The number of para-hydroxylation sites is 6. The molecular formula is C114H74N10. The zero-order valence-corrected chi connectivity index (χ0v) is 67.2. The maximum absolute atomic E-state index is 5.04. The molecule has 580 valence electrons. The molecule has 0 N–H and O–H groups in total. The Balaban J connectivity index is 0.000000143. The zero-order chi connectivity index (χ0) is 82.0. The Hall–Kier alpha value is -16.8. The average Bonchev–Trinajstić information content (AvgIpc) is 1.59. The molecule has 0 spiro atoms. The van der Waals surface area contributed by atoms with Gasteiger partial charge < -0.3 is 18.3 Å². The molecule has 0 unspecified atom stereocenters. The third-order valence-corrected chi connectivity index (χ3v) is 23.9. The Kier molecular flexibility index (Phi) is 18.0. The second kappa shape index (κ2) is 30.8. The van der Waals surface area contributed by atoms with Gasteiger partial charge in [0, 0.05) is 99.2 Å². The highest BCUT2D eigenvalue weighted by molar-refractivity contribution is 6.18. The number of hydrogen-bond donors (Lipinski definition) is 0. The van der Waals surface area contributed by atoms with Gasteiger partial charge in [-0.1, -0.05) is 334 Å². The second-order valence-electron chi connectivity index (χ2n) is 31.3. The highest BCUT2D eigenvalue weighted by atomic mass is 15.1. The quantitative estimate of drug-likeness (QED) is 0.108. The molecule has 0 aliphatic rings. The van der Waals surface area contributed by atoms with Gasteiger partial charge in [-0.15, -0.1) is 0 Å². The van der Waals surface area contributed by atoms with E-state index in [1.165, 1.54) is 76.3 Å². The van der Waals surface area contributed by atoms with Crippen LogP contribution < -0.4 is 0 Å². The van der Waals surface area contributed by atoms with E-state index in [1.54, 1.807) is 0 Å². The van der Waals surface area contributed by atoms with Crippen molar-refractivity contribution in [2.45, 2.75) is 0 Å². The number of fused-ring (bicyclic) bond motifs is 12. The predicted molar refractivity (Wildman–Crippen MR) is 511 cm³/mol. The summed E-state index contributed by atoms with van der Waals surface area (Å²) in [6.07, 6.45) is 0. The number of benzene rings is 18. The van der Waals surface area contributed by atoms with E-state index in [0.29, 0.717) is 34.9 Å². The molecule has 0 saturated heterocycles. The summed E-state index contributed by atoms with van der Waals surface area (Å²) in [4.78, 5) is 30.0. The normalized spacial score (nSPS) is 11.5. The van der Waals surface area contributed by atoms with Gasteiger partial charge in [-0.2, -0.15) is 0 Å². The van der Waals surface area contributed by atoms with Gasteiger partial charge in [-0.05, 0) is 160 Å². The summed E-state index contributed by atoms with van der Waals surface area (Å²) < 4.78 is 9.56. The van der Waals surface area contributed by atoms with E-state index in [4.69, 9.17) is 29.9 Å². The van der Waals surface area contributed by atoms with Crippen LogP contribution >= 0.6 is 0 Å². The maximum atomic E-state index is 5.04. The lowest BCUT2D eigenvalue weighted by Gasteiger charge is -2.12. The zero-order valence-electron chi connectivity index (χ0n) is 67.2. The first-order valence-electron chi connectivity index (χ1n) is 41.9. The summed E-state index contributed by atoms with van der Waals surface area (Å²) in [5.41, 5.74) is 28.7. The standard InChI is InChI=1S/2C57H37N5/c1-4-17-38(18-5-1)55-58-56(39-19-6-2-7-20-39)60-57(59-55)43-23-14-22-42(35-43)46-29-16-32-52-54(46)49-28-11-13-31-51(49)62(52)45-26-15-21-40(36-45)41-33-34-48-47-27-10-12-30-50(47)61(53(48)37-41)44-24-8-3-9-25-44;1-4-17-38(18-5-1)55-58-56(39-19-6-2-7-20-39)60-57(59-55)43-23-14-22-42(35-43)46-29-16-32-53-54(46)48-28-11-13-31-51(48)62(53)45-26-15-21-40(36-45)41-33-34-52-49(37-41)47-27-10-12-30-50(47)61(52)44-24-8-3-9-25-44/h2*1-37H. The summed E-state index contributed by atoms with van der Waals surface area (Å²) in [7, 11) is 0. The highest BCUT2D eigenvalue weighted by Crippen LogP contribution is 2.45. The van der Waals surface area contributed by atoms with Crippen molar-refractivity contribution in [1.82, 2.24) is 48.2 Å². The van der Waals surface area contributed by atoms with Gasteiger partial charge >= 0.3 is 0 Å². The fourth-order valence-electron chi connectivity index (χ4n) is 18.3. The Morgan fingerprint density at radius 3 is 0.815 bits per heavy atom. The molecule has 0 bridgehead atoms. The van der Waals surface area contributed by atoms with Gasteiger partial charge in [-0.25, -0.2) is 29.9 Å². The molecular weight excluding hydrogens is 1510 g/mol. The molecule has 10 nitrogen and oxygen atoms in total. The molecule has 0 fully saturated rings. The third-order valence-electron chi connectivity index (χ3n) is 23.9. The summed E-state index contributed by atoms with van der Waals surface area (Å²) in [5.74, 6) is 3.84. The fourth-order valence-corrected chi connectivity index (χ4v) is 18.3. The summed E-state index contributed by atoms with van der Waals surface area (Å²) in [6.45, 7) is 0. The maximum Gasteiger partial charge on any atom is 0.164 e. The van der Waals surface area contributed by atoms with Crippen molar-refractivity contribution >= 4 is 87.2 Å². The minimum absolute atomic E-state index is 0.633. The van der Waals surface area contributed by atoms with E-state index in [2.05, 4.69) is 346 Å². The molecule has 124 heavy (non-hydrogen) atoms. The van der Waals surface area contributed by atoms with Crippen molar-refractivity contribution < 1.29 is 0 Å². The molecule has 24 aromatic rings. The number of hydrogen-bond acceptors (Lipinski definition) is 6. The van der Waals surface area contributed by atoms with E-state index >= 15 is 0 Å². The number of rotatable bonds is 14. The van der Waals surface area contributed by atoms with Crippen LogP contribution in [0.1, 0.15) is 0 Å². The summed E-state index contributed by atoms with van der Waals surface area (Å²) in [5, 5.41) is 9.76. The average molecular weight is 1580 g/mol. The van der Waals surface area contributed by atoms with E-state index in [9.17, 15) is 0 Å². The van der Waals surface area contributed by atoms with Crippen LogP contribution in [0.3, 0.4) is 0 Å². The monoisotopic (exact) mass is 1580 g/mol. The first-order valence-corrected chi connectivity index (χ1v) is 41.9. The smallest absolute Gasteiger partial charge is 0.164 e. The van der Waals surface area contributed by atoms with Gasteiger partial charge in [0.2, 0.25) is 0 Å². The Labute approximate surface area is 715 Å². The first kappa shape index (κ1) is 72.4. The Bertz CT molecular complexity index is 8100. The number of aromatic nitrogens is 10. The molecule has 0 aliphatic heterocycles. The minimum atomic E-state index is 0.633. The van der Waals surface area contributed by atoms with Crippen LogP contribution in [0, 0.1) is 0 Å². The van der Waals surface area contributed by atoms with Crippen molar-refractivity contribution in [3.05, 3.63) is 449 Å². The van der Waals surface area contributed by atoms with Crippen LogP contribution in [-0.2, 0) is 0 Å². The minimum Gasteiger partial charge on any atom is -0.309 e. The van der Waals surface area contributed by atoms with Crippen molar-refractivity contribution in [2.75, 3.05) is 0 Å². The molecule has 6 heterocycles. The SMILES string of the molecule is c1ccc(-c2nc(-c3ccccc3)nc(-c3cccc(-c4cccc5c4c4ccccc4n5-c4cccc(-c5ccc6c(c5)c5ccccc5n6-c5ccccc5)c4)c3)n2)cc1.c1ccc(-c2nc(-c3ccccc3)nc(-c3cccc(-c4cccc5c4c4ccccc4n5-c4cccc(-c5ccc6c7ccccc7n(-c7ccccc7)c6c5)c4)c3)n2)cc1. The van der Waals surface area contributed by atoms with E-state index < -0.39 is 0 Å². The van der Waals surface area contributed by atoms with Crippen molar-refractivity contribution in [3.63, 3.8) is 0 Å². The Morgan fingerprint density at radius 1 is 0.129 bits per heavy atom. The molecule has 0 aliphatic carbocycles. The molecule has 0 amide bonds. The van der Waals surface area contributed by atoms with Gasteiger partial charge in [-0.3, -0.25) is 0 Å². The van der Waals surface area contributed by atoms with Crippen LogP contribution in [0.4, 0.5) is 0 Å². The van der Waals surface area contributed by atoms with Crippen LogP contribution in [0.15, 0.2) is 449 Å². The van der Waals surface area contributed by atoms with E-state index in [0.717, 1.165) is 112 Å². The van der Waals surface area contributed by atoms with Crippen LogP contribution in [0.25, 0.3) is 223 Å². The van der Waals surface area contributed by atoms with Gasteiger partial charge in [0.1, 0.15) is 0 Å². The summed E-state index contributed by atoms with van der Waals surface area (Å²) >= 11 is 0. The largest absolute Gasteiger partial charge is 0.309 e.